The van der Waals surface area contributed by atoms with Gasteiger partial charge in [0.2, 0.25) is 0 Å². The molecule has 0 N–H and O–H groups in total. The fourth-order valence-electron chi connectivity index (χ4n) is 4.05. The summed E-state index contributed by atoms with van der Waals surface area (Å²) >= 11 is 0. The number of fused-ring (bicyclic) bond motifs is 2. The zero-order chi connectivity index (χ0) is 19.3. The highest BCUT2D eigenvalue weighted by molar-refractivity contribution is 6.49. The molecule has 1 aromatic heterocycles. The summed E-state index contributed by atoms with van der Waals surface area (Å²) in [7, 11) is 1.89. The van der Waals surface area contributed by atoms with Crippen LogP contribution in [0.15, 0.2) is 42.5 Å². The fraction of sp³-hybridized carbons (Fsp3) is 0.273. The van der Waals surface area contributed by atoms with Crippen molar-refractivity contribution in [3.8, 4) is 0 Å². The van der Waals surface area contributed by atoms with Crippen molar-refractivity contribution in [1.82, 2.24) is 4.57 Å². The zero-order valence-corrected chi connectivity index (χ0v) is 15.6. The number of rotatable bonds is 2. The van der Waals surface area contributed by atoms with Gasteiger partial charge in [-0.2, -0.15) is 0 Å². The van der Waals surface area contributed by atoms with Gasteiger partial charge >= 0.3 is 0 Å². The van der Waals surface area contributed by atoms with Crippen LogP contribution in [0.25, 0.3) is 10.9 Å². The molecule has 0 saturated carbocycles. The number of halogens is 1. The molecule has 1 aliphatic rings. The molecule has 138 valence electrons. The summed E-state index contributed by atoms with van der Waals surface area (Å²) in [6.45, 7) is 3.77. The minimum atomic E-state index is -0.561. The van der Waals surface area contributed by atoms with Crippen LogP contribution in [-0.4, -0.2) is 22.3 Å². The number of amides is 1. The number of nitrogens with zero attached hydrogens (tertiary/aromatic N) is 2. The minimum absolute atomic E-state index is 0.116. The molecule has 0 unspecified atom stereocenters. The maximum Gasteiger partial charge on any atom is 0.299 e. The largest absolute Gasteiger partial charge is 0.347 e. The predicted molar refractivity (Wildman–Crippen MR) is 104 cm³/mol. The molecule has 0 bridgehead atoms. The number of aryl methyl sites for hydroxylation is 2. The smallest absolute Gasteiger partial charge is 0.299 e. The van der Waals surface area contributed by atoms with E-state index in [2.05, 4.69) is 0 Å². The third-order valence-corrected chi connectivity index (χ3v) is 5.61. The first-order valence-corrected chi connectivity index (χ1v) is 9.10. The molecule has 1 aliphatic heterocycles. The van der Waals surface area contributed by atoms with Crippen molar-refractivity contribution in [3.05, 3.63) is 65.1 Å². The zero-order valence-electron chi connectivity index (χ0n) is 15.6. The first kappa shape index (κ1) is 17.5. The molecule has 0 aliphatic carbocycles. The van der Waals surface area contributed by atoms with Gasteiger partial charge in [0, 0.05) is 35.4 Å². The molecule has 0 saturated heterocycles. The first-order valence-electron chi connectivity index (χ1n) is 9.10. The van der Waals surface area contributed by atoms with E-state index in [0.29, 0.717) is 24.1 Å². The fourth-order valence-corrected chi connectivity index (χ4v) is 4.05. The van der Waals surface area contributed by atoms with E-state index in [1.807, 2.05) is 49.7 Å². The van der Waals surface area contributed by atoms with Crippen molar-refractivity contribution in [2.45, 2.75) is 32.7 Å². The Kier molecular flexibility index (Phi) is 4.10. The van der Waals surface area contributed by atoms with Gasteiger partial charge in [0.05, 0.1) is 5.56 Å². The predicted octanol–water partition coefficient (Wildman–Crippen LogP) is 4.18. The van der Waals surface area contributed by atoms with Crippen molar-refractivity contribution in [1.29, 1.82) is 0 Å². The standard InChI is InChI=1S/C22H21FN2O2/c1-13-8-9-15-12-16(23)10-11-18(15)25(13)22(27)21(26)20-14(2)24(3)19-7-5-4-6-17(19)20/h4-7,10-13H,8-9H2,1-3H3/t13-/m0/s1. The lowest BCUT2D eigenvalue weighted by atomic mass is 9.95. The molecule has 3 aromatic rings. The summed E-state index contributed by atoms with van der Waals surface area (Å²) in [6, 6.07) is 11.9. The van der Waals surface area contributed by atoms with Crippen LogP contribution in [0.4, 0.5) is 10.1 Å². The first-order chi connectivity index (χ1) is 12.9. The second-order valence-corrected chi connectivity index (χ2v) is 7.20. The van der Waals surface area contributed by atoms with Gasteiger partial charge in [0.15, 0.2) is 0 Å². The van der Waals surface area contributed by atoms with Gasteiger partial charge in [-0.15, -0.1) is 0 Å². The molecule has 0 spiro atoms. The van der Waals surface area contributed by atoms with Crippen molar-refractivity contribution in [2.24, 2.45) is 7.05 Å². The number of ketones is 1. The van der Waals surface area contributed by atoms with E-state index in [1.54, 1.807) is 6.07 Å². The lowest BCUT2D eigenvalue weighted by molar-refractivity contribution is -0.115. The van der Waals surface area contributed by atoms with Gasteiger partial charge in [0.25, 0.3) is 11.7 Å². The summed E-state index contributed by atoms with van der Waals surface area (Å²) in [5.41, 5.74) is 3.52. The second-order valence-electron chi connectivity index (χ2n) is 7.20. The Morgan fingerprint density at radius 1 is 1.15 bits per heavy atom. The van der Waals surface area contributed by atoms with Gasteiger partial charge in [-0.1, -0.05) is 18.2 Å². The Hall–Kier alpha value is -2.95. The van der Waals surface area contributed by atoms with Crippen LogP contribution in [0, 0.1) is 12.7 Å². The monoisotopic (exact) mass is 364 g/mol. The summed E-state index contributed by atoms with van der Waals surface area (Å²) in [4.78, 5) is 28.0. The number of hydrogen-bond acceptors (Lipinski definition) is 2. The Morgan fingerprint density at radius 3 is 2.67 bits per heavy atom. The van der Waals surface area contributed by atoms with E-state index in [4.69, 9.17) is 0 Å². The van der Waals surface area contributed by atoms with Gasteiger partial charge in [-0.05, 0) is 56.5 Å². The third-order valence-electron chi connectivity index (χ3n) is 5.61. The topological polar surface area (TPSA) is 42.3 Å². The van der Waals surface area contributed by atoms with Crippen LogP contribution >= 0.6 is 0 Å². The normalized spacial score (nSPS) is 16.4. The number of benzene rings is 2. The van der Waals surface area contributed by atoms with Crippen LogP contribution < -0.4 is 4.90 Å². The van der Waals surface area contributed by atoms with Crippen molar-refractivity contribution in [3.63, 3.8) is 0 Å². The molecule has 0 fully saturated rings. The number of hydrogen-bond donors (Lipinski definition) is 0. The number of para-hydroxylation sites is 1. The van der Waals surface area contributed by atoms with E-state index >= 15 is 0 Å². The highest BCUT2D eigenvalue weighted by Gasteiger charge is 2.34. The number of carbonyl (C=O) groups excluding carboxylic acids is 2. The van der Waals surface area contributed by atoms with Gasteiger partial charge in [0.1, 0.15) is 5.82 Å². The van der Waals surface area contributed by atoms with Crippen LogP contribution in [0.1, 0.15) is 35.0 Å². The molecule has 0 radical (unpaired) electrons. The summed E-state index contributed by atoms with van der Waals surface area (Å²) in [5, 5.41) is 0.778. The van der Waals surface area contributed by atoms with Crippen LogP contribution in [0.5, 0.6) is 0 Å². The maximum atomic E-state index is 13.6. The Morgan fingerprint density at radius 2 is 1.89 bits per heavy atom. The van der Waals surface area contributed by atoms with Gasteiger partial charge in [-0.3, -0.25) is 9.59 Å². The molecule has 2 aromatic carbocycles. The van der Waals surface area contributed by atoms with Gasteiger partial charge in [-0.25, -0.2) is 4.39 Å². The summed E-state index contributed by atoms with van der Waals surface area (Å²) in [5.74, 6) is -1.41. The molecule has 4 nitrogen and oxygen atoms in total. The molecule has 27 heavy (non-hydrogen) atoms. The molecular formula is C22H21FN2O2. The lowest BCUT2D eigenvalue weighted by Crippen LogP contribution is -2.45. The van der Waals surface area contributed by atoms with E-state index in [1.165, 1.54) is 17.0 Å². The Balaban J connectivity index is 1.81. The summed E-state index contributed by atoms with van der Waals surface area (Å²) in [6.07, 6.45) is 1.39. The number of anilines is 1. The van der Waals surface area contributed by atoms with E-state index in [9.17, 15) is 14.0 Å². The van der Waals surface area contributed by atoms with Gasteiger partial charge < -0.3 is 9.47 Å². The van der Waals surface area contributed by atoms with E-state index < -0.39 is 11.7 Å². The summed E-state index contributed by atoms with van der Waals surface area (Å²) < 4.78 is 15.5. The minimum Gasteiger partial charge on any atom is -0.347 e. The Bertz CT molecular complexity index is 1080. The highest BCUT2D eigenvalue weighted by Crippen LogP contribution is 2.33. The van der Waals surface area contributed by atoms with Crippen LogP contribution in [0.3, 0.4) is 0 Å². The number of carbonyl (C=O) groups is 2. The van der Waals surface area contributed by atoms with E-state index in [-0.39, 0.29) is 11.9 Å². The average molecular weight is 364 g/mol. The quantitative estimate of drug-likeness (QED) is 0.506. The third kappa shape index (κ3) is 2.65. The second kappa shape index (κ2) is 6.34. The Labute approximate surface area is 157 Å². The molecule has 1 amide bonds. The molecular weight excluding hydrogens is 343 g/mol. The molecule has 5 heteroatoms. The maximum absolute atomic E-state index is 13.6. The van der Waals surface area contributed by atoms with Crippen molar-refractivity contribution < 1.29 is 14.0 Å². The number of aromatic nitrogens is 1. The van der Waals surface area contributed by atoms with Crippen LogP contribution in [-0.2, 0) is 18.3 Å². The molecule has 4 rings (SSSR count). The lowest BCUT2D eigenvalue weighted by Gasteiger charge is -2.34. The SMILES string of the molecule is Cc1c(C(=O)C(=O)N2c3ccc(F)cc3CC[C@@H]2C)c2ccccc2n1C. The molecule has 2 heterocycles. The van der Waals surface area contributed by atoms with Crippen LogP contribution in [0.2, 0.25) is 0 Å². The molecule has 1 atom stereocenters. The van der Waals surface area contributed by atoms with Crippen molar-refractivity contribution in [2.75, 3.05) is 4.90 Å². The van der Waals surface area contributed by atoms with E-state index in [0.717, 1.165) is 22.2 Å². The average Bonchev–Trinajstić information content (AvgIpc) is 2.92. The highest BCUT2D eigenvalue weighted by atomic mass is 19.1. The number of Topliss-reactive ketones (excluding diaryl/α,β-unsaturated/α-hetero) is 1. The van der Waals surface area contributed by atoms with Crippen molar-refractivity contribution >= 4 is 28.3 Å².